The molecule has 2 fully saturated rings. The van der Waals surface area contributed by atoms with Crippen LogP contribution in [0.15, 0.2) is 30.3 Å². The van der Waals surface area contributed by atoms with E-state index >= 15 is 0 Å². The van der Waals surface area contributed by atoms with Crippen molar-refractivity contribution in [3.8, 4) is 11.3 Å². The molecule has 0 atom stereocenters. The molecule has 0 bridgehead atoms. The molecular formula is C16H17ClN2O2S. The van der Waals surface area contributed by atoms with Crippen LogP contribution in [0.5, 0.6) is 0 Å². The molecule has 2 saturated heterocycles. The number of hydrogen-bond acceptors (Lipinski definition) is 5. The first-order valence-electron chi connectivity index (χ1n) is 7.51. The molecular weight excluding hydrogens is 320 g/mol. The molecule has 0 N–H and O–H groups in total. The van der Waals surface area contributed by atoms with E-state index in [0.29, 0.717) is 13.2 Å². The van der Waals surface area contributed by atoms with Crippen LogP contribution < -0.4 is 4.90 Å². The Kier molecular flexibility index (Phi) is 3.82. The van der Waals surface area contributed by atoms with E-state index in [4.69, 9.17) is 21.1 Å². The minimum absolute atomic E-state index is 0.351. The molecule has 0 saturated carbocycles. The number of rotatable bonds is 2. The summed E-state index contributed by atoms with van der Waals surface area (Å²) in [7, 11) is 0. The molecule has 2 aliphatic heterocycles. The normalized spacial score (nSPS) is 20.7. The molecule has 2 aliphatic rings. The van der Waals surface area contributed by atoms with Crippen molar-refractivity contribution in [2.45, 2.75) is 18.6 Å². The maximum absolute atomic E-state index is 6.59. The smallest absolute Gasteiger partial charge is 0.171 e. The molecule has 0 aliphatic carbocycles. The third-order valence-electron chi connectivity index (χ3n) is 4.29. The molecule has 3 heterocycles. The van der Waals surface area contributed by atoms with E-state index in [0.717, 1.165) is 47.2 Å². The molecule has 0 amide bonds. The van der Waals surface area contributed by atoms with Crippen LogP contribution in [0.4, 0.5) is 5.00 Å². The van der Waals surface area contributed by atoms with Gasteiger partial charge in [0.05, 0.1) is 13.2 Å². The second kappa shape index (κ2) is 5.81. The van der Waals surface area contributed by atoms with Crippen LogP contribution >= 0.6 is 23.1 Å². The molecule has 1 spiro atoms. The van der Waals surface area contributed by atoms with Gasteiger partial charge in [-0.2, -0.15) is 4.37 Å². The van der Waals surface area contributed by atoms with Gasteiger partial charge in [0.15, 0.2) is 5.79 Å². The summed E-state index contributed by atoms with van der Waals surface area (Å²) in [6.07, 6.45) is 1.75. The van der Waals surface area contributed by atoms with Crippen LogP contribution in [0.2, 0.25) is 5.02 Å². The van der Waals surface area contributed by atoms with E-state index in [-0.39, 0.29) is 5.79 Å². The Balaban J connectivity index is 1.53. The summed E-state index contributed by atoms with van der Waals surface area (Å²) in [5.74, 6) is -0.351. The Morgan fingerprint density at radius 2 is 1.77 bits per heavy atom. The lowest BCUT2D eigenvalue weighted by Crippen LogP contribution is -2.45. The molecule has 1 aromatic heterocycles. The van der Waals surface area contributed by atoms with Gasteiger partial charge in [0.1, 0.15) is 15.7 Å². The van der Waals surface area contributed by atoms with Crippen LogP contribution in [0.3, 0.4) is 0 Å². The minimum Gasteiger partial charge on any atom is -0.361 e. The first kappa shape index (κ1) is 14.5. The molecule has 22 heavy (non-hydrogen) atoms. The van der Waals surface area contributed by atoms with Gasteiger partial charge in [-0.15, -0.1) is 0 Å². The van der Waals surface area contributed by atoms with Crippen LogP contribution in [0, 0.1) is 0 Å². The molecule has 4 nitrogen and oxygen atoms in total. The molecule has 2 aromatic rings. The quantitative estimate of drug-likeness (QED) is 0.835. The van der Waals surface area contributed by atoms with E-state index in [1.807, 2.05) is 30.3 Å². The number of anilines is 1. The Morgan fingerprint density at radius 3 is 2.45 bits per heavy atom. The molecule has 6 heteroatoms. The summed E-state index contributed by atoms with van der Waals surface area (Å²) in [4.78, 5) is 2.29. The maximum atomic E-state index is 6.59. The predicted octanol–water partition coefficient (Wildman–Crippen LogP) is 3.81. The van der Waals surface area contributed by atoms with Crippen molar-refractivity contribution < 1.29 is 9.47 Å². The highest BCUT2D eigenvalue weighted by Gasteiger charge is 2.40. The highest BCUT2D eigenvalue weighted by Crippen LogP contribution is 2.41. The number of hydrogen-bond donors (Lipinski definition) is 0. The fourth-order valence-corrected chi connectivity index (χ4v) is 4.35. The summed E-state index contributed by atoms with van der Waals surface area (Å²) in [6.45, 7) is 3.19. The Morgan fingerprint density at radius 1 is 1.09 bits per heavy atom. The van der Waals surface area contributed by atoms with E-state index < -0.39 is 0 Å². The van der Waals surface area contributed by atoms with E-state index in [9.17, 15) is 0 Å². The first-order valence-corrected chi connectivity index (χ1v) is 8.66. The van der Waals surface area contributed by atoms with Gasteiger partial charge in [0.2, 0.25) is 0 Å². The lowest BCUT2D eigenvalue weighted by molar-refractivity contribution is -0.169. The van der Waals surface area contributed by atoms with Crippen molar-refractivity contribution in [3.63, 3.8) is 0 Å². The third-order valence-corrected chi connectivity index (χ3v) is 5.67. The zero-order valence-electron chi connectivity index (χ0n) is 12.1. The largest absolute Gasteiger partial charge is 0.361 e. The van der Waals surface area contributed by atoms with Crippen molar-refractivity contribution in [2.75, 3.05) is 31.2 Å². The van der Waals surface area contributed by atoms with Crippen LogP contribution in [0.1, 0.15) is 12.8 Å². The fraction of sp³-hybridized carbons (Fsp3) is 0.438. The SMILES string of the molecule is Clc1c(-c2ccccc2)nsc1N1CCC2(CC1)OCCO2. The standard InChI is InChI=1S/C16H17ClN2O2S/c17-13-14(12-4-2-1-3-5-12)18-22-15(13)19-8-6-16(7-9-19)20-10-11-21-16/h1-5H,6-11H2. The maximum Gasteiger partial charge on any atom is 0.171 e. The van der Waals surface area contributed by atoms with E-state index in [2.05, 4.69) is 9.27 Å². The molecule has 4 rings (SSSR count). The fourth-order valence-electron chi connectivity index (χ4n) is 3.08. The summed E-state index contributed by atoms with van der Waals surface area (Å²) >= 11 is 8.06. The van der Waals surface area contributed by atoms with Gasteiger partial charge >= 0.3 is 0 Å². The van der Waals surface area contributed by atoms with Gasteiger partial charge in [0, 0.05) is 31.5 Å². The van der Waals surface area contributed by atoms with Crippen molar-refractivity contribution in [2.24, 2.45) is 0 Å². The van der Waals surface area contributed by atoms with Crippen LogP contribution in [0.25, 0.3) is 11.3 Å². The molecule has 1 aromatic carbocycles. The predicted molar refractivity (Wildman–Crippen MR) is 88.6 cm³/mol. The molecule has 0 unspecified atom stereocenters. The highest BCUT2D eigenvalue weighted by atomic mass is 35.5. The van der Waals surface area contributed by atoms with Crippen LogP contribution in [-0.4, -0.2) is 36.5 Å². The van der Waals surface area contributed by atoms with Crippen molar-refractivity contribution in [3.05, 3.63) is 35.4 Å². The number of aromatic nitrogens is 1. The average Bonchev–Trinajstić information content (AvgIpc) is 3.17. The number of ether oxygens (including phenoxy) is 2. The zero-order chi connectivity index (χ0) is 15.0. The lowest BCUT2D eigenvalue weighted by Gasteiger charge is -2.37. The van der Waals surface area contributed by atoms with E-state index in [1.54, 1.807) is 0 Å². The Labute approximate surface area is 138 Å². The minimum atomic E-state index is -0.351. The number of piperidine rings is 1. The summed E-state index contributed by atoms with van der Waals surface area (Å²) in [5, 5.41) is 1.80. The summed E-state index contributed by atoms with van der Waals surface area (Å²) in [6, 6.07) is 10.1. The Hall–Kier alpha value is -1.14. The topological polar surface area (TPSA) is 34.6 Å². The zero-order valence-corrected chi connectivity index (χ0v) is 13.7. The number of halogens is 1. The van der Waals surface area contributed by atoms with Gasteiger partial charge in [-0.25, -0.2) is 0 Å². The average molecular weight is 337 g/mol. The second-order valence-electron chi connectivity index (χ2n) is 5.61. The van der Waals surface area contributed by atoms with E-state index in [1.165, 1.54) is 11.5 Å². The summed E-state index contributed by atoms with van der Waals surface area (Å²) < 4.78 is 16.1. The van der Waals surface area contributed by atoms with Crippen molar-refractivity contribution in [1.82, 2.24) is 4.37 Å². The number of nitrogens with zero attached hydrogens (tertiary/aromatic N) is 2. The van der Waals surface area contributed by atoms with Gasteiger partial charge in [0.25, 0.3) is 0 Å². The van der Waals surface area contributed by atoms with Crippen molar-refractivity contribution in [1.29, 1.82) is 0 Å². The molecule has 0 radical (unpaired) electrons. The van der Waals surface area contributed by atoms with Crippen molar-refractivity contribution >= 4 is 28.1 Å². The third kappa shape index (κ3) is 2.52. The van der Waals surface area contributed by atoms with Crippen LogP contribution in [-0.2, 0) is 9.47 Å². The monoisotopic (exact) mass is 336 g/mol. The van der Waals surface area contributed by atoms with Gasteiger partial charge in [-0.1, -0.05) is 41.9 Å². The lowest BCUT2D eigenvalue weighted by atomic mass is 10.0. The highest BCUT2D eigenvalue weighted by molar-refractivity contribution is 7.11. The Bertz CT molecular complexity index is 645. The second-order valence-corrected chi connectivity index (χ2v) is 6.74. The van der Waals surface area contributed by atoms with Gasteiger partial charge in [-0.3, -0.25) is 0 Å². The van der Waals surface area contributed by atoms with Gasteiger partial charge < -0.3 is 14.4 Å². The molecule has 116 valence electrons. The summed E-state index contributed by atoms with van der Waals surface area (Å²) in [5.41, 5.74) is 1.93. The number of benzene rings is 1. The first-order chi connectivity index (χ1) is 10.8. The van der Waals surface area contributed by atoms with Gasteiger partial charge in [-0.05, 0) is 11.5 Å².